The van der Waals surface area contributed by atoms with Gasteiger partial charge in [-0.05, 0) is 19.4 Å². The molecule has 38 valence electrons. The van der Waals surface area contributed by atoms with Crippen molar-refractivity contribution in [1.29, 1.82) is 0 Å². The Morgan fingerprint density at radius 1 is 1.71 bits per heavy atom. The number of nitrogens with zero attached hydrogens (tertiary/aromatic N) is 2. The van der Waals surface area contributed by atoms with Crippen molar-refractivity contribution in [3.05, 3.63) is 11.8 Å². The Kier molecular flexibility index (Phi) is 0.929. The molecule has 0 radical (unpaired) electrons. The van der Waals surface area contributed by atoms with Gasteiger partial charge in [-0.3, -0.25) is 0 Å². The van der Waals surface area contributed by atoms with Crippen LogP contribution in [0, 0.1) is 0 Å². The lowest BCUT2D eigenvalue weighted by Crippen LogP contribution is -1.92. The fraction of sp³-hybridized carbons (Fsp3) is 0.600. The van der Waals surface area contributed by atoms with Gasteiger partial charge in [-0.1, -0.05) is 0 Å². The third-order valence-corrected chi connectivity index (χ3v) is 1.16. The molecule has 0 saturated heterocycles. The van der Waals surface area contributed by atoms with Crippen molar-refractivity contribution in [3.63, 3.8) is 0 Å². The third-order valence-electron chi connectivity index (χ3n) is 1.16. The molecule has 2 nitrogen and oxygen atoms in total. The zero-order chi connectivity index (χ0) is 5.28. The van der Waals surface area contributed by atoms with Crippen molar-refractivity contribution in [1.82, 2.24) is 0 Å². The van der Waals surface area contributed by atoms with Crippen LogP contribution in [0.25, 0.3) is 0 Å². The minimum atomic E-state index is 0.333. The van der Waals surface area contributed by atoms with Crippen LogP contribution in [0.4, 0.5) is 0 Å². The average Bonchev–Trinajstić information content (AvgIpc) is 1.91. The molecule has 1 rings (SSSR count). The second-order valence-electron chi connectivity index (χ2n) is 1.78. The quantitative estimate of drug-likeness (QED) is 0.439. The summed E-state index contributed by atoms with van der Waals surface area (Å²) >= 11 is 0. The largest absolute Gasteiger partial charge is 0.182 e. The highest BCUT2D eigenvalue weighted by atomic mass is 15.1. The van der Waals surface area contributed by atoms with Gasteiger partial charge in [0.1, 0.15) is 0 Å². The van der Waals surface area contributed by atoms with E-state index in [1.165, 1.54) is 5.57 Å². The summed E-state index contributed by atoms with van der Waals surface area (Å²) in [7, 11) is 0. The fourth-order valence-electron chi connectivity index (χ4n) is 0.423. The molecular weight excluding hydrogens is 88.1 g/mol. The molecule has 0 fully saturated rings. The molecule has 1 aliphatic rings. The molecule has 1 unspecified atom stereocenters. The van der Waals surface area contributed by atoms with Gasteiger partial charge in [-0.25, -0.2) is 0 Å². The van der Waals surface area contributed by atoms with Crippen LogP contribution in [0.2, 0.25) is 0 Å². The summed E-state index contributed by atoms with van der Waals surface area (Å²) in [6, 6.07) is 0.333. The van der Waals surface area contributed by atoms with Crippen LogP contribution in [0.5, 0.6) is 0 Å². The Bertz CT molecular complexity index is 124. The highest BCUT2D eigenvalue weighted by molar-refractivity contribution is 5.08. The van der Waals surface area contributed by atoms with Crippen LogP contribution < -0.4 is 0 Å². The summed E-state index contributed by atoms with van der Waals surface area (Å²) in [5, 5.41) is 7.56. The monoisotopic (exact) mass is 96.1 g/mol. The molecule has 0 saturated carbocycles. The van der Waals surface area contributed by atoms with E-state index < -0.39 is 0 Å². The Hall–Kier alpha value is -0.660. The van der Waals surface area contributed by atoms with Crippen molar-refractivity contribution in [2.24, 2.45) is 10.2 Å². The Balaban J connectivity index is 2.69. The first-order valence-corrected chi connectivity index (χ1v) is 2.37. The topological polar surface area (TPSA) is 24.7 Å². The van der Waals surface area contributed by atoms with E-state index in [1.54, 1.807) is 6.20 Å². The van der Waals surface area contributed by atoms with E-state index in [-0.39, 0.29) is 0 Å². The summed E-state index contributed by atoms with van der Waals surface area (Å²) in [6.45, 7) is 4.06. The van der Waals surface area contributed by atoms with E-state index in [9.17, 15) is 0 Å². The Morgan fingerprint density at radius 3 is 2.57 bits per heavy atom. The van der Waals surface area contributed by atoms with Crippen LogP contribution in [0.3, 0.4) is 0 Å². The summed E-state index contributed by atoms with van der Waals surface area (Å²) in [6.07, 6.45) is 1.80. The highest BCUT2D eigenvalue weighted by Crippen LogP contribution is 2.11. The van der Waals surface area contributed by atoms with Gasteiger partial charge in [0.25, 0.3) is 0 Å². The summed E-state index contributed by atoms with van der Waals surface area (Å²) in [5.41, 5.74) is 1.25. The minimum absolute atomic E-state index is 0.333. The van der Waals surface area contributed by atoms with E-state index in [0.717, 1.165) is 0 Å². The summed E-state index contributed by atoms with van der Waals surface area (Å²) in [4.78, 5) is 0. The first-order valence-electron chi connectivity index (χ1n) is 2.37. The lowest BCUT2D eigenvalue weighted by molar-refractivity contribution is 0.850. The van der Waals surface area contributed by atoms with E-state index in [0.29, 0.717) is 6.04 Å². The third kappa shape index (κ3) is 0.683. The Labute approximate surface area is 43.0 Å². The fourth-order valence-corrected chi connectivity index (χ4v) is 0.423. The van der Waals surface area contributed by atoms with Crippen LogP contribution in [-0.4, -0.2) is 6.04 Å². The average molecular weight is 96.1 g/mol. The molecular formula is C5H8N2. The van der Waals surface area contributed by atoms with Gasteiger partial charge < -0.3 is 0 Å². The summed E-state index contributed by atoms with van der Waals surface area (Å²) in [5.74, 6) is 0. The number of azo groups is 1. The van der Waals surface area contributed by atoms with Gasteiger partial charge in [-0.15, -0.1) is 0 Å². The van der Waals surface area contributed by atoms with E-state index in [1.807, 2.05) is 13.8 Å². The molecule has 1 heterocycles. The van der Waals surface area contributed by atoms with Crippen LogP contribution in [-0.2, 0) is 0 Å². The molecule has 0 bridgehead atoms. The van der Waals surface area contributed by atoms with Gasteiger partial charge in [-0.2, -0.15) is 10.2 Å². The normalized spacial score (nSPS) is 28.3. The van der Waals surface area contributed by atoms with Gasteiger partial charge in [0.15, 0.2) is 0 Å². The highest BCUT2D eigenvalue weighted by Gasteiger charge is 2.04. The molecule has 0 aromatic carbocycles. The second-order valence-corrected chi connectivity index (χ2v) is 1.78. The zero-order valence-electron chi connectivity index (χ0n) is 4.55. The minimum Gasteiger partial charge on any atom is -0.182 e. The van der Waals surface area contributed by atoms with Gasteiger partial charge in [0.2, 0.25) is 0 Å². The van der Waals surface area contributed by atoms with Crippen molar-refractivity contribution >= 4 is 0 Å². The van der Waals surface area contributed by atoms with E-state index >= 15 is 0 Å². The van der Waals surface area contributed by atoms with Gasteiger partial charge in [0, 0.05) is 0 Å². The van der Waals surface area contributed by atoms with E-state index in [4.69, 9.17) is 0 Å². The first-order chi connectivity index (χ1) is 3.30. The Morgan fingerprint density at radius 2 is 2.43 bits per heavy atom. The number of hydrogen-bond donors (Lipinski definition) is 0. The SMILES string of the molecule is CC1=CN=NC1C. The van der Waals surface area contributed by atoms with Gasteiger partial charge >= 0.3 is 0 Å². The second kappa shape index (κ2) is 1.45. The first kappa shape index (κ1) is 4.50. The molecule has 1 aliphatic heterocycles. The molecule has 0 N–H and O–H groups in total. The zero-order valence-corrected chi connectivity index (χ0v) is 4.55. The number of hydrogen-bond acceptors (Lipinski definition) is 2. The van der Waals surface area contributed by atoms with Crippen LogP contribution in [0.1, 0.15) is 13.8 Å². The van der Waals surface area contributed by atoms with Crippen molar-refractivity contribution in [2.75, 3.05) is 0 Å². The maximum absolute atomic E-state index is 3.85. The standard InChI is InChI=1S/C5H8N2/c1-4-3-6-7-5(4)2/h3,5H,1-2H3. The molecule has 1 atom stereocenters. The van der Waals surface area contributed by atoms with E-state index in [2.05, 4.69) is 10.2 Å². The predicted molar refractivity (Wildman–Crippen MR) is 28.1 cm³/mol. The molecule has 0 aromatic rings. The van der Waals surface area contributed by atoms with Gasteiger partial charge in [0.05, 0.1) is 12.2 Å². The lowest BCUT2D eigenvalue weighted by atomic mass is 10.2. The maximum Gasteiger partial charge on any atom is 0.0909 e. The molecule has 0 aliphatic carbocycles. The van der Waals surface area contributed by atoms with Crippen LogP contribution in [0.15, 0.2) is 22.0 Å². The lowest BCUT2D eigenvalue weighted by Gasteiger charge is -1.92. The van der Waals surface area contributed by atoms with Crippen molar-refractivity contribution in [3.8, 4) is 0 Å². The molecule has 0 spiro atoms. The number of rotatable bonds is 0. The molecule has 0 amide bonds. The molecule has 0 aromatic heterocycles. The molecule has 7 heavy (non-hydrogen) atoms. The summed E-state index contributed by atoms with van der Waals surface area (Å²) < 4.78 is 0. The van der Waals surface area contributed by atoms with Crippen molar-refractivity contribution in [2.45, 2.75) is 19.9 Å². The predicted octanol–water partition coefficient (Wildman–Crippen LogP) is 1.74. The van der Waals surface area contributed by atoms with Crippen LogP contribution >= 0.6 is 0 Å². The maximum atomic E-state index is 3.85. The van der Waals surface area contributed by atoms with Crippen molar-refractivity contribution < 1.29 is 0 Å². The molecule has 2 heteroatoms. The smallest absolute Gasteiger partial charge is 0.0909 e.